The number of nitrogens with one attached hydrogen (secondary N) is 1. The lowest BCUT2D eigenvalue weighted by atomic mass is 9.99. The summed E-state index contributed by atoms with van der Waals surface area (Å²) in [7, 11) is 0. The molecule has 0 radical (unpaired) electrons. The number of likely N-dealkylation sites (tertiary alicyclic amines) is 1. The molecule has 1 heterocycles. The van der Waals surface area contributed by atoms with Crippen LogP contribution in [0.5, 0.6) is 0 Å². The van der Waals surface area contributed by atoms with E-state index in [1.54, 1.807) is 6.07 Å². The predicted octanol–water partition coefficient (Wildman–Crippen LogP) is 2.88. The summed E-state index contributed by atoms with van der Waals surface area (Å²) in [5.74, 6) is -0.179. The molecule has 2 rings (SSSR count). The van der Waals surface area contributed by atoms with Crippen LogP contribution < -0.4 is 5.32 Å². The van der Waals surface area contributed by atoms with Crippen molar-refractivity contribution in [2.75, 3.05) is 25.0 Å². The molecule has 0 saturated carbocycles. The van der Waals surface area contributed by atoms with E-state index < -0.39 is 5.82 Å². The highest BCUT2D eigenvalue weighted by Gasteiger charge is 2.21. The number of anilines is 1. The second kappa shape index (κ2) is 6.50. The Labute approximate surface area is 122 Å². The number of nitrogens with zero attached hydrogens (tertiary/aromatic N) is 1. The first kappa shape index (κ1) is 14.5. The van der Waals surface area contributed by atoms with Crippen LogP contribution in [0.25, 0.3) is 0 Å². The number of aliphatic hydroxyl groups excluding tert-OH is 1. The third-order valence-corrected chi connectivity index (χ3v) is 3.89. The van der Waals surface area contributed by atoms with Gasteiger partial charge in [-0.2, -0.15) is 0 Å². The van der Waals surface area contributed by atoms with Crippen molar-refractivity contribution in [2.45, 2.75) is 12.8 Å². The second-order valence-corrected chi connectivity index (χ2v) is 5.49. The molecule has 1 fully saturated rings. The molecule has 104 valence electrons. The van der Waals surface area contributed by atoms with Gasteiger partial charge in [-0.1, -0.05) is 11.6 Å². The van der Waals surface area contributed by atoms with Crippen molar-refractivity contribution in [1.29, 1.82) is 0 Å². The maximum atomic E-state index is 13.1. The zero-order valence-corrected chi connectivity index (χ0v) is 12.0. The van der Waals surface area contributed by atoms with E-state index in [4.69, 9.17) is 23.8 Å². The fourth-order valence-electron chi connectivity index (χ4n) is 2.17. The van der Waals surface area contributed by atoms with Crippen LogP contribution in [0.4, 0.5) is 10.1 Å². The largest absolute Gasteiger partial charge is 0.396 e. The normalized spacial score (nSPS) is 19.3. The fraction of sp³-hybridized carbons (Fsp3) is 0.462. The highest BCUT2D eigenvalue weighted by molar-refractivity contribution is 7.80. The number of rotatable bonds is 2. The summed E-state index contributed by atoms with van der Waals surface area (Å²) in [5.41, 5.74) is 0.669. The van der Waals surface area contributed by atoms with Crippen LogP contribution in [0.3, 0.4) is 0 Å². The molecular weight excluding hydrogens is 287 g/mol. The minimum absolute atomic E-state index is 0.0691. The lowest BCUT2D eigenvalue weighted by Crippen LogP contribution is -2.43. The Bertz CT molecular complexity index is 472. The monoisotopic (exact) mass is 302 g/mol. The first-order chi connectivity index (χ1) is 9.10. The number of piperidine rings is 1. The van der Waals surface area contributed by atoms with Crippen molar-refractivity contribution in [1.82, 2.24) is 4.90 Å². The molecule has 0 amide bonds. The van der Waals surface area contributed by atoms with Crippen molar-refractivity contribution in [2.24, 2.45) is 5.92 Å². The Morgan fingerprint density at radius 2 is 2.37 bits per heavy atom. The molecule has 0 aliphatic carbocycles. The maximum absolute atomic E-state index is 13.1. The van der Waals surface area contributed by atoms with Crippen LogP contribution in [0, 0.1) is 11.7 Å². The van der Waals surface area contributed by atoms with Crippen LogP contribution in [0.15, 0.2) is 18.2 Å². The van der Waals surface area contributed by atoms with Gasteiger partial charge in [0.15, 0.2) is 5.11 Å². The molecule has 1 atom stereocenters. The van der Waals surface area contributed by atoms with Crippen molar-refractivity contribution in [3.63, 3.8) is 0 Å². The van der Waals surface area contributed by atoms with Gasteiger partial charge in [-0.15, -0.1) is 0 Å². The number of thiocarbonyl (C=S) groups is 1. The van der Waals surface area contributed by atoms with Gasteiger partial charge >= 0.3 is 0 Å². The van der Waals surface area contributed by atoms with Gasteiger partial charge in [0.05, 0.1) is 5.02 Å². The summed E-state index contributed by atoms with van der Waals surface area (Å²) in [6.45, 7) is 1.80. The van der Waals surface area contributed by atoms with E-state index >= 15 is 0 Å². The molecule has 19 heavy (non-hydrogen) atoms. The molecule has 2 N–H and O–H groups in total. The van der Waals surface area contributed by atoms with Crippen LogP contribution in [0.2, 0.25) is 5.02 Å². The van der Waals surface area contributed by atoms with Crippen LogP contribution in [0.1, 0.15) is 12.8 Å². The molecule has 3 nitrogen and oxygen atoms in total. The van der Waals surface area contributed by atoms with Crippen molar-refractivity contribution in [3.8, 4) is 0 Å². The number of hydrogen-bond acceptors (Lipinski definition) is 2. The van der Waals surface area contributed by atoms with Gasteiger partial charge in [-0.25, -0.2) is 4.39 Å². The van der Waals surface area contributed by atoms with E-state index in [9.17, 15) is 9.50 Å². The van der Waals surface area contributed by atoms with Gasteiger partial charge in [0.25, 0.3) is 0 Å². The molecule has 1 aromatic carbocycles. The van der Waals surface area contributed by atoms with Gasteiger partial charge in [-0.05, 0) is 49.2 Å². The van der Waals surface area contributed by atoms with Gasteiger partial charge in [0.1, 0.15) is 5.82 Å². The SMILES string of the molecule is OC[C@H]1CCCN(C(=S)Nc2ccc(F)c(Cl)c2)C1. The minimum atomic E-state index is -0.448. The molecule has 1 aromatic rings. The van der Waals surface area contributed by atoms with E-state index in [-0.39, 0.29) is 17.5 Å². The van der Waals surface area contributed by atoms with Gasteiger partial charge < -0.3 is 15.3 Å². The Morgan fingerprint density at radius 1 is 1.58 bits per heavy atom. The van der Waals surface area contributed by atoms with E-state index in [1.165, 1.54) is 12.1 Å². The zero-order chi connectivity index (χ0) is 13.8. The van der Waals surface area contributed by atoms with Gasteiger partial charge in [-0.3, -0.25) is 0 Å². The molecule has 0 aromatic heterocycles. The van der Waals surface area contributed by atoms with Crippen molar-refractivity contribution >= 4 is 34.6 Å². The Kier molecular flexibility index (Phi) is 4.96. The topological polar surface area (TPSA) is 35.5 Å². The Morgan fingerprint density at radius 3 is 3.05 bits per heavy atom. The lowest BCUT2D eigenvalue weighted by molar-refractivity contribution is 0.162. The average molecular weight is 303 g/mol. The molecule has 1 saturated heterocycles. The summed E-state index contributed by atoms with van der Waals surface area (Å²) in [6.07, 6.45) is 2.04. The molecule has 0 bridgehead atoms. The van der Waals surface area contributed by atoms with Crippen molar-refractivity contribution in [3.05, 3.63) is 29.0 Å². The zero-order valence-electron chi connectivity index (χ0n) is 10.4. The number of aliphatic hydroxyl groups is 1. The quantitative estimate of drug-likeness (QED) is 0.824. The molecule has 6 heteroatoms. The number of benzene rings is 1. The summed E-state index contributed by atoms with van der Waals surface area (Å²) in [6, 6.07) is 4.41. The first-order valence-electron chi connectivity index (χ1n) is 6.22. The van der Waals surface area contributed by atoms with Gasteiger partial charge in [0, 0.05) is 25.4 Å². The van der Waals surface area contributed by atoms with E-state index in [1.807, 2.05) is 4.90 Å². The summed E-state index contributed by atoms with van der Waals surface area (Å²) < 4.78 is 13.1. The van der Waals surface area contributed by atoms with Crippen LogP contribution in [-0.4, -0.2) is 34.8 Å². The lowest BCUT2D eigenvalue weighted by Gasteiger charge is -2.33. The summed E-state index contributed by atoms with van der Waals surface area (Å²) in [5, 5.41) is 12.9. The predicted molar refractivity (Wildman–Crippen MR) is 79.0 cm³/mol. The molecule has 0 spiro atoms. The average Bonchev–Trinajstić information content (AvgIpc) is 2.43. The molecular formula is C13H16ClFN2OS. The van der Waals surface area contributed by atoms with E-state index in [0.29, 0.717) is 10.8 Å². The Hall–Kier alpha value is -0.910. The first-order valence-corrected chi connectivity index (χ1v) is 7.00. The third kappa shape index (κ3) is 3.78. The highest BCUT2D eigenvalue weighted by atomic mass is 35.5. The highest BCUT2D eigenvalue weighted by Crippen LogP contribution is 2.21. The molecule has 1 aliphatic heterocycles. The third-order valence-electron chi connectivity index (χ3n) is 3.24. The van der Waals surface area contributed by atoms with Crippen LogP contribution in [-0.2, 0) is 0 Å². The summed E-state index contributed by atoms with van der Waals surface area (Å²) in [4.78, 5) is 2.02. The van der Waals surface area contributed by atoms with Crippen LogP contribution >= 0.6 is 23.8 Å². The maximum Gasteiger partial charge on any atom is 0.173 e. The number of hydrogen-bond donors (Lipinski definition) is 2. The Balaban J connectivity index is 1.98. The van der Waals surface area contributed by atoms with E-state index in [2.05, 4.69) is 5.32 Å². The summed E-state index contributed by atoms with van der Waals surface area (Å²) >= 11 is 11.1. The minimum Gasteiger partial charge on any atom is -0.396 e. The van der Waals surface area contributed by atoms with Gasteiger partial charge in [0.2, 0.25) is 0 Å². The smallest absolute Gasteiger partial charge is 0.173 e. The molecule has 0 unspecified atom stereocenters. The van der Waals surface area contributed by atoms with E-state index in [0.717, 1.165) is 25.9 Å². The fourth-order valence-corrected chi connectivity index (χ4v) is 2.64. The van der Waals surface area contributed by atoms with Crippen molar-refractivity contribution < 1.29 is 9.50 Å². The standard InChI is InChI=1S/C13H16ClFN2OS/c14-11-6-10(3-4-12(11)15)16-13(19)17-5-1-2-9(7-17)8-18/h3-4,6,9,18H,1-2,5,7-8H2,(H,16,19)/t9-/m0/s1. The molecule has 1 aliphatic rings. The number of halogens is 2. The second-order valence-electron chi connectivity index (χ2n) is 4.70.